The first-order valence-corrected chi connectivity index (χ1v) is 8.03. The van der Waals surface area contributed by atoms with E-state index in [1.165, 1.54) is 0 Å². The highest BCUT2D eigenvalue weighted by atomic mass is 16.5. The highest BCUT2D eigenvalue weighted by molar-refractivity contribution is 5.97. The highest BCUT2D eigenvalue weighted by Gasteiger charge is 2.28. The third-order valence-electron chi connectivity index (χ3n) is 4.15. The lowest BCUT2D eigenvalue weighted by molar-refractivity contribution is 0.0784. The number of likely N-dealkylation sites (tertiary alicyclic amines) is 1. The summed E-state index contributed by atoms with van der Waals surface area (Å²) in [6, 6.07) is 17.0. The molecule has 1 saturated heterocycles. The maximum absolute atomic E-state index is 12.8. The van der Waals surface area contributed by atoms with E-state index < -0.39 is 0 Å². The van der Waals surface area contributed by atoms with Crippen LogP contribution in [0.4, 0.5) is 0 Å². The Morgan fingerprint density at radius 1 is 1.17 bits per heavy atom. The summed E-state index contributed by atoms with van der Waals surface area (Å²) in [6.07, 6.45) is 1.05. The van der Waals surface area contributed by atoms with Gasteiger partial charge >= 0.3 is 0 Å². The minimum atomic E-state index is 0.0511. The normalized spacial score (nSPS) is 17.3. The third kappa shape index (κ3) is 3.71. The van der Waals surface area contributed by atoms with Crippen LogP contribution >= 0.6 is 0 Å². The Labute approximate surface area is 137 Å². The predicted octanol–water partition coefficient (Wildman–Crippen LogP) is 3.16. The number of nitrogens with one attached hydrogen (secondary N) is 1. The molecule has 2 aromatic carbocycles. The summed E-state index contributed by atoms with van der Waals surface area (Å²) in [7, 11) is 1.95. The smallest absolute Gasteiger partial charge is 0.257 e. The number of amides is 1. The average molecular weight is 310 g/mol. The van der Waals surface area contributed by atoms with Crippen molar-refractivity contribution in [3.8, 4) is 11.5 Å². The number of hydrogen-bond donors (Lipinski definition) is 1. The SMILES string of the molecule is CNCC1CCN(C(=O)c2ccccc2Oc2ccccc2)C1. The Bertz CT molecular complexity index is 657. The molecule has 0 radical (unpaired) electrons. The van der Waals surface area contributed by atoms with E-state index in [1.807, 2.05) is 66.5 Å². The fourth-order valence-electron chi connectivity index (χ4n) is 2.99. The molecule has 0 aromatic heterocycles. The molecular formula is C19H22N2O2. The lowest BCUT2D eigenvalue weighted by Gasteiger charge is -2.18. The van der Waals surface area contributed by atoms with Crippen molar-refractivity contribution in [1.29, 1.82) is 0 Å². The molecule has 1 N–H and O–H groups in total. The molecule has 0 saturated carbocycles. The van der Waals surface area contributed by atoms with Gasteiger partial charge in [0, 0.05) is 13.1 Å². The average Bonchev–Trinajstić information content (AvgIpc) is 3.05. The molecule has 3 rings (SSSR count). The molecule has 1 amide bonds. The van der Waals surface area contributed by atoms with E-state index >= 15 is 0 Å². The van der Waals surface area contributed by atoms with E-state index in [0.29, 0.717) is 17.2 Å². The van der Waals surface area contributed by atoms with Crippen molar-refractivity contribution in [3.63, 3.8) is 0 Å². The second kappa shape index (κ2) is 7.29. The topological polar surface area (TPSA) is 41.6 Å². The zero-order valence-corrected chi connectivity index (χ0v) is 13.4. The number of nitrogens with zero attached hydrogens (tertiary/aromatic N) is 1. The zero-order chi connectivity index (χ0) is 16.1. The van der Waals surface area contributed by atoms with Gasteiger partial charge < -0.3 is 15.0 Å². The number of rotatable bonds is 5. The van der Waals surface area contributed by atoms with Crippen LogP contribution in [-0.4, -0.2) is 37.5 Å². The van der Waals surface area contributed by atoms with E-state index in [9.17, 15) is 4.79 Å². The number of carbonyl (C=O) groups excluding carboxylic acids is 1. The van der Waals surface area contributed by atoms with E-state index in [0.717, 1.165) is 31.8 Å². The van der Waals surface area contributed by atoms with Crippen molar-refractivity contribution in [3.05, 3.63) is 60.2 Å². The van der Waals surface area contributed by atoms with Gasteiger partial charge in [0.2, 0.25) is 0 Å². The maximum atomic E-state index is 12.8. The summed E-state index contributed by atoms with van der Waals surface area (Å²) in [5, 5.41) is 3.19. The van der Waals surface area contributed by atoms with Crippen LogP contribution in [0.15, 0.2) is 54.6 Å². The lowest BCUT2D eigenvalue weighted by Crippen LogP contribution is -2.30. The minimum absolute atomic E-state index is 0.0511. The molecule has 2 aromatic rings. The van der Waals surface area contributed by atoms with Crippen molar-refractivity contribution >= 4 is 5.91 Å². The Balaban J connectivity index is 1.76. The Kier molecular flexibility index (Phi) is 4.93. The van der Waals surface area contributed by atoms with Gasteiger partial charge in [0.05, 0.1) is 5.56 Å². The summed E-state index contributed by atoms with van der Waals surface area (Å²) < 4.78 is 5.90. The van der Waals surface area contributed by atoms with Crippen LogP contribution in [0.3, 0.4) is 0 Å². The molecule has 4 nitrogen and oxygen atoms in total. The number of ether oxygens (including phenoxy) is 1. The van der Waals surface area contributed by atoms with Gasteiger partial charge in [0.25, 0.3) is 5.91 Å². The van der Waals surface area contributed by atoms with Gasteiger partial charge in [-0.25, -0.2) is 0 Å². The van der Waals surface area contributed by atoms with Gasteiger partial charge in [-0.2, -0.15) is 0 Å². The van der Waals surface area contributed by atoms with Crippen LogP contribution in [0.2, 0.25) is 0 Å². The lowest BCUT2D eigenvalue weighted by atomic mass is 10.1. The first-order valence-electron chi connectivity index (χ1n) is 8.03. The summed E-state index contributed by atoms with van der Waals surface area (Å²) in [5.41, 5.74) is 0.626. The summed E-state index contributed by atoms with van der Waals surface area (Å²) in [5.74, 6) is 1.93. The van der Waals surface area contributed by atoms with E-state index in [4.69, 9.17) is 4.74 Å². The molecule has 4 heteroatoms. The number of benzene rings is 2. The van der Waals surface area contributed by atoms with Gasteiger partial charge in [-0.05, 0) is 50.2 Å². The fourth-order valence-corrected chi connectivity index (χ4v) is 2.99. The first kappa shape index (κ1) is 15.6. The number of carbonyl (C=O) groups is 1. The first-order chi connectivity index (χ1) is 11.3. The van der Waals surface area contributed by atoms with Crippen LogP contribution in [0.1, 0.15) is 16.8 Å². The molecule has 1 unspecified atom stereocenters. The van der Waals surface area contributed by atoms with Crippen molar-refractivity contribution in [2.75, 3.05) is 26.7 Å². The number of hydrogen-bond acceptors (Lipinski definition) is 3. The minimum Gasteiger partial charge on any atom is -0.457 e. The van der Waals surface area contributed by atoms with Crippen LogP contribution < -0.4 is 10.1 Å². The summed E-state index contributed by atoms with van der Waals surface area (Å²) in [4.78, 5) is 14.8. The Hall–Kier alpha value is -2.33. The molecule has 1 fully saturated rings. The molecule has 1 heterocycles. The zero-order valence-electron chi connectivity index (χ0n) is 13.4. The van der Waals surface area contributed by atoms with Crippen molar-refractivity contribution in [2.24, 2.45) is 5.92 Å². The molecule has 1 aliphatic rings. The van der Waals surface area contributed by atoms with Gasteiger partial charge in [-0.15, -0.1) is 0 Å². The fraction of sp³-hybridized carbons (Fsp3) is 0.316. The van der Waals surface area contributed by atoms with Gasteiger partial charge in [-0.1, -0.05) is 30.3 Å². The molecule has 1 atom stereocenters. The third-order valence-corrected chi connectivity index (χ3v) is 4.15. The molecule has 0 spiro atoms. The standard InChI is InChI=1S/C19H22N2O2/c1-20-13-15-11-12-21(14-15)19(22)17-9-5-6-10-18(17)23-16-7-3-2-4-8-16/h2-10,15,20H,11-14H2,1H3. The number of para-hydroxylation sites is 2. The van der Waals surface area contributed by atoms with Crippen LogP contribution in [0.25, 0.3) is 0 Å². The monoisotopic (exact) mass is 310 g/mol. The summed E-state index contributed by atoms with van der Waals surface area (Å²) in [6.45, 7) is 2.57. The predicted molar refractivity (Wildman–Crippen MR) is 90.9 cm³/mol. The highest BCUT2D eigenvalue weighted by Crippen LogP contribution is 2.27. The molecule has 0 aliphatic carbocycles. The second-order valence-corrected chi connectivity index (χ2v) is 5.87. The Morgan fingerprint density at radius 2 is 1.91 bits per heavy atom. The van der Waals surface area contributed by atoms with Crippen LogP contribution in [0.5, 0.6) is 11.5 Å². The molecule has 120 valence electrons. The van der Waals surface area contributed by atoms with Crippen molar-refractivity contribution < 1.29 is 9.53 Å². The van der Waals surface area contributed by atoms with Crippen LogP contribution in [0, 0.1) is 5.92 Å². The van der Waals surface area contributed by atoms with Crippen molar-refractivity contribution in [1.82, 2.24) is 10.2 Å². The van der Waals surface area contributed by atoms with Gasteiger partial charge in [-0.3, -0.25) is 4.79 Å². The molecule has 23 heavy (non-hydrogen) atoms. The van der Waals surface area contributed by atoms with E-state index in [1.54, 1.807) is 0 Å². The van der Waals surface area contributed by atoms with E-state index in [2.05, 4.69) is 5.32 Å². The van der Waals surface area contributed by atoms with E-state index in [-0.39, 0.29) is 5.91 Å². The largest absolute Gasteiger partial charge is 0.457 e. The molecule has 0 bridgehead atoms. The quantitative estimate of drug-likeness (QED) is 0.922. The second-order valence-electron chi connectivity index (χ2n) is 5.87. The van der Waals surface area contributed by atoms with Crippen LogP contribution in [-0.2, 0) is 0 Å². The Morgan fingerprint density at radius 3 is 2.70 bits per heavy atom. The molecule has 1 aliphatic heterocycles. The molecular weight excluding hydrogens is 288 g/mol. The summed E-state index contributed by atoms with van der Waals surface area (Å²) >= 11 is 0. The van der Waals surface area contributed by atoms with Crippen molar-refractivity contribution in [2.45, 2.75) is 6.42 Å². The maximum Gasteiger partial charge on any atom is 0.257 e. The van der Waals surface area contributed by atoms with Gasteiger partial charge in [0.15, 0.2) is 0 Å². The van der Waals surface area contributed by atoms with Gasteiger partial charge in [0.1, 0.15) is 11.5 Å².